The zero-order valence-corrected chi connectivity index (χ0v) is 18.1. The summed E-state index contributed by atoms with van der Waals surface area (Å²) in [6.45, 7) is -0.0507. The topological polar surface area (TPSA) is 50.5 Å². The fourth-order valence-corrected chi connectivity index (χ4v) is 4.40. The van der Waals surface area contributed by atoms with Gasteiger partial charge in [-0.1, -0.05) is 40.9 Å². The van der Waals surface area contributed by atoms with Crippen molar-refractivity contribution in [3.8, 4) is 11.3 Å². The summed E-state index contributed by atoms with van der Waals surface area (Å²) in [5.74, 6) is -0.0818. The number of amides is 2. The van der Waals surface area contributed by atoms with Crippen LogP contribution in [0.4, 0.5) is 9.18 Å². The minimum atomic E-state index is -0.493. The highest BCUT2D eigenvalue weighted by Crippen LogP contribution is 2.36. The van der Waals surface area contributed by atoms with Gasteiger partial charge in [-0.3, -0.25) is 14.5 Å². The Morgan fingerprint density at radius 1 is 1.00 bits per heavy atom. The molecule has 152 valence electrons. The maximum atomic E-state index is 13.2. The van der Waals surface area contributed by atoms with Crippen LogP contribution in [0.1, 0.15) is 11.3 Å². The predicted octanol–water partition coefficient (Wildman–Crippen LogP) is 7.28. The van der Waals surface area contributed by atoms with Crippen molar-refractivity contribution in [2.45, 2.75) is 6.54 Å². The van der Waals surface area contributed by atoms with E-state index in [1.165, 1.54) is 18.2 Å². The van der Waals surface area contributed by atoms with Crippen LogP contribution in [0, 0.1) is 5.82 Å². The van der Waals surface area contributed by atoms with Crippen LogP contribution in [0.25, 0.3) is 17.4 Å². The number of thioether (sulfide) groups is 1. The zero-order chi connectivity index (χ0) is 21.4. The monoisotopic (exact) mass is 481 g/mol. The molecule has 0 bridgehead atoms. The van der Waals surface area contributed by atoms with Crippen molar-refractivity contribution >= 4 is 63.8 Å². The lowest BCUT2D eigenvalue weighted by molar-refractivity contribution is -0.123. The van der Waals surface area contributed by atoms with Crippen LogP contribution in [0.5, 0.6) is 0 Å². The maximum absolute atomic E-state index is 13.2. The van der Waals surface area contributed by atoms with E-state index in [-0.39, 0.29) is 16.5 Å². The Kier molecular flexibility index (Phi) is 5.93. The average molecular weight is 483 g/mol. The minimum absolute atomic E-state index is 0.0507. The number of nitrogens with zero attached hydrogens (tertiary/aromatic N) is 1. The van der Waals surface area contributed by atoms with Gasteiger partial charge in [0.2, 0.25) is 0 Å². The summed E-state index contributed by atoms with van der Waals surface area (Å²) in [5.41, 5.74) is 1.12. The number of halogens is 4. The molecule has 1 saturated heterocycles. The van der Waals surface area contributed by atoms with Crippen LogP contribution in [0.3, 0.4) is 0 Å². The van der Waals surface area contributed by atoms with Crippen molar-refractivity contribution in [3.63, 3.8) is 0 Å². The van der Waals surface area contributed by atoms with Gasteiger partial charge in [-0.05, 0) is 59.8 Å². The molecular formula is C21H11Cl3FNO3S. The smallest absolute Gasteiger partial charge is 0.293 e. The molecule has 4 rings (SSSR count). The molecule has 1 fully saturated rings. The van der Waals surface area contributed by atoms with Gasteiger partial charge in [0.05, 0.1) is 16.5 Å². The molecule has 0 saturated carbocycles. The first-order valence-corrected chi connectivity index (χ1v) is 10.5. The lowest BCUT2D eigenvalue weighted by atomic mass is 10.2. The maximum Gasteiger partial charge on any atom is 0.293 e. The second-order valence-electron chi connectivity index (χ2n) is 6.33. The SMILES string of the molecule is O=C1S/C(=C\c2ccc(-c3ccc(Cl)cc3Cl)o2)C(=O)N1Cc1ccc(F)cc1Cl. The van der Waals surface area contributed by atoms with E-state index >= 15 is 0 Å². The van der Waals surface area contributed by atoms with Crippen molar-refractivity contribution in [3.05, 3.63) is 85.6 Å². The van der Waals surface area contributed by atoms with Crippen molar-refractivity contribution in [2.24, 2.45) is 0 Å². The summed E-state index contributed by atoms with van der Waals surface area (Å²) in [4.78, 5) is 26.3. The van der Waals surface area contributed by atoms with Crippen LogP contribution < -0.4 is 0 Å². The fourth-order valence-electron chi connectivity index (χ4n) is 2.85. The number of rotatable bonds is 4. The minimum Gasteiger partial charge on any atom is -0.457 e. The lowest BCUT2D eigenvalue weighted by Gasteiger charge is -2.13. The molecule has 0 unspecified atom stereocenters. The Hall–Kier alpha value is -2.25. The fraction of sp³-hybridized carbons (Fsp3) is 0.0476. The largest absolute Gasteiger partial charge is 0.457 e. The van der Waals surface area contributed by atoms with Gasteiger partial charge >= 0.3 is 0 Å². The molecule has 1 aliphatic rings. The number of carbonyl (C=O) groups excluding carboxylic acids is 2. The van der Waals surface area contributed by atoms with Crippen molar-refractivity contribution in [2.75, 3.05) is 0 Å². The molecule has 3 aromatic rings. The van der Waals surface area contributed by atoms with E-state index in [0.29, 0.717) is 32.7 Å². The Balaban J connectivity index is 1.56. The molecule has 0 aliphatic carbocycles. The summed E-state index contributed by atoms with van der Waals surface area (Å²) in [6.07, 6.45) is 1.49. The Morgan fingerprint density at radius 2 is 1.80 bits per heavy atom. The molecular weight excluding hydrogens is 472 g/mol. The average Bonchev–Trinajstić information content (AvgIpc) is 3.24. The normalized spacial score (nSPS) is 15.5. The summed E-state index contributed by atoms with van der Waals surface area (Å²) >= 11 is 18.9. The van der Waals surface area contributed by atoms with E-state index in [9.17, 15) is 14.0 Å². The van der Waals surface area contributed by atoms with Crippen LogP contribution in [-0.4, -0.2) is 16.0 Å². The van der Waals surface area contributed by atoms with E-state index in [1.807, 2.05) is 0 Å². The molecule has 0 spiro atoms. The van der Waals surface area contributed by atoms with E-state index < -0.39 is 17.0 Å². The van der Waals surface area contributed by atoms with Gasteiger partial charge in [0.25, 0.3) is 11.1 Å². The van der Waals surface area contributed by atoms with Crippen LogP contribution >= 0.6 is 46.6 Å². The zero-order valence-electron chi connectivity index (χ0n) is 15.0. The molecule has 0 atom stereocenters. The highest BCUT2D eigenvalue weighted by atomic mass is 35.5. The molecule has 9 heteroatoms. The second kappa shape index (κ2) is 8.47. The van der Waals surface area contributed by atoms with E-state index in [0.717, 1.165) is 22.7 Å². The van der Waals surface area contributed by atoms with Crippen molar-refractivity contribution in [1.82, 2.24) is 4.90 Å². The number of furan rings is 1. The third-order valence-corrected chi connectivity index (χ3v) is 6.12. The third kappa shape index (κ3) is 4.27. The van der Waals surface area contributed by atoms with Gasteiger partial charge < -0.3 is 4.42 Å². The Bertz CT molecular complexity index is 1210. The van der Waals surface area contributed by atoms with Crippen molar-refractivity contribution in [1.29, 1.82) is 0 Å². The van der Waals surface area contributed by atoms with Gasteiger partial charge in [0.1, 0.15) is 17.3 Å². The molecule has 2 amide bonds. The number of imide groups is 1. The Labute approximate surface area is 190 Å². The molecule has 4 nitrogen and oxygen atoms in total. The number of hydrogen-bond acceptors (Lipinski definition) is 4. The first-order valence-electron chi connectivity index (χ1n) is 8.56. The summed E-state index contributed by atoms with van der Waals surface area (Å²) in [5, 5.41) is 0.637. The molecule has 0 radical (unpaired) electrons. The number of hydrogen-bond donors (Lipinski definition) is 0. The molecule has 30 heavy (non-hydrogen) atoms. The summed E-state index contributed by atoms with van der Waals surface area (Å²) in [6, 6.07) is 12.2. The molecule has 2 heterocycles. The first kappa shape index (κ1) is 21.0. The van der Waals surface area contributed by atoms with Gasteiger partial charge in [-0.15, -0.1) is 0 Å². The second-order valence-corrected chi connectivity index (χ2v) is 8.57. The number of benzene rings is 2. The molecule has 1 aromatic heterocycles. The molecule has 2 aromatic carbocycles. The summed E-state index contributed by atoms with van der Waals surface area (Å²) < 4.78 is 19.0. The van der Waals surface area contributed by atoms with Crippen LogP contribution in [0.2, 0.25) is 15.1 Å². The third-order valence-electron chi connectivity index (χ3n) is 4.31. The molecule has 0 N–H and O–H groups in total. The first-order chi connectivity index (χ1) is 14.3. The quantitative estimate of drug-likeness (QED) is 0.367. The lowest BCUT2D eigenvalue weighted by Crippen LogP contribution is -2.27. The number of carbonyl (C=O) groups is 2. The van der Waals surface area contributed by atoms with Crippen LogP contribution in [0.15, 0.2) is 57.9 Å². The van der Waals surface area contributed by atoms with Crippen molar-refractivity contribution < 1.29 is 18.4 Å². The van der Waals surface area contributed by atoms with E-state index in [4.69, 9.17) is 39.2 Å². The van der Waals surface area contributed by atoms with Gasteiger partial charge in [-0.2, -0.15) is 0 Å². The molecule has 1 aliphatic heterocycles. The van der Waals surface area contributed by atoms with E-state index in [1.54, 1.807) is 30.3 Å². The van der Waals surface area contributed by atoms with Crippen LogP contribution in [-0.2, 0) is 11.3 Å². The van der Waals surface area contributed by atoms with Gasteiger partial charge in [-0.25, -0.2) is 4.39 Å². The van der Waals surface area contributed by atoms with Gasteiger partial charge in [0.15, 0.2) is 0 Å². The Morgan fingerprint density at radius 3 is 2.53 bits per heavy atom. The standard InChI is InChI=1S/C21H11Cl3FNO3S/c22-12-2-5-15(17(24)7-12)18-6-4-14(29-18)9-19-20(27)26(21(28)30-19)10-11-1-3-13(25)8-16(11)23/h1-9H,10H2/b19-9-. The predicted molar refractivity (Wildman–Crippen MR) is 117 cm³/mol. The highest BCUT2D eigenvalue weighted by molar-refractivity contribution is 8.18. The van der Waals surface area contributed by atoms with E-state index in [2.05, 4.69) is 0 Å². The summed E-state index contributed by atoms with van der Waals surface area (Å²) in [7, 11) is 0. The van der Waals surface area contributed by atoms with Gasteiger partial charge in [0, 0.05) is 21.7 Å². The highest BCUT2D eigenvalue weighted by Gasteiger charge is 2.35.